The fraction of sp³-hybridized carbons (Fsp3) is 0.0526. The average molecular weight is 355 g/mol. The Morgan fingerprint density at radius 1 is 0.720 bits per heavy atom. The summed E-state index contributed by atoms with van der Waals surface area (Å²) in [5.74, 6) is 0.0589. The molecule has 0 radical (unpaired) electrons. The lowest BCUT2D eigenvalue weighted by Gasteiger charge is -2.25. The van der Waals surface area contributed by atoms with E-state index in [1.165, 1.54) is 40.7 Å². The Morgan fingerprint density at radius 2 is 1.24 bits per heavy atom. The topological polar surface area (TPSA) is 77.8 Å². The van der Waals surface area contributed by atoms with E-state index in [0.717, 1.165) is 5.56 Å². The van der Waals surface area contributed by atoms with Gasteiger partial charge < -0.3 is 10.2 Å². The molecule has 0 saturated heterocycles. The number of anilines is 1. The predicted molar refractivity (Wildman–Crippen MR) is 96.0 cm³/mol. The van der Waals surface area contributed by atoms with Gasteiger partial charge >= 0.3 is 0 Å². The smallest absolute Gasteiger partial charge is 0.264 e. The molecule has 0 aliphatic heterocycles. The first-order valence-corrected chi connectivity index (χ1v) is 9.05. The second-order valence-corrected chi connectivity index (χ2v) is 7.37. The number of phenolic OH excluding ortho intramolecular Hbond substituents is 2. The molecule has 0 fully saturated rings. The second-order valence-electron chi connectivity index (χ2n) is 5.51. The van der Waals surface area contributed by atoms with Crippen molar-refractivity contribution in [2.45, 2.75) is 11.4 Å². The van der Waals surface area contributed by atoms with Gasteiger partial charge in [0.15, 0.2) is 0 Å². The van der Waals surface area contributed by atoms with Crippen LogP contribution in [0.5, 0.6) is 11.5 Å². The third kappa shape index (κ3) is 3.75. The van der Waals surface area contributed by atoms with Gasteiger partial charge in [0.2, 0.25) is 0 Å². The van der Waals surface area contributed by atoms with Gasteiger partial charge in [-0.15, -0.1) is 0 Å². The molecule has 0 heterocycles. The summed E-state index contributed by atoms with van der Waals surface area (Å²) in [6.45, 7) is 0.148. The van der Waals surface area contributed by atoms with Gasteiger partial charge in [-0.05, 0) is 54.1 Å². The van der Waals surface area contributed by atoms with Crippen molar-refractivity contribution >= 4 is 15.7 Å². The van der Waals surface area contributed by atoms with Gasteiger partial charge in [-0.1, -0.05) is 30.3 Å². The van der Waals surface area contributed by atoms with Gasteiger partial charge in [0.05, 0.1) is 17.1 Å². The van der Waals surface area contributed by atoms with Crippen LogP contribution in [0.1, 0.15) is 5.56 Å². The summed E-state index contributed by atoms with van der Waals surface area (Å²) in [6.07, 6.45) is 0. The molecule has 0 unspecified atom stereocenters. The minimum atomic E-state index is -3.84. The number of benzene rings is 3. The van der Waals surface area contributed by atoms with Crippen LogP contribution in [0.3, 0.4) is 0 Å². The molecule has 25 heavy (non-hydrogen) atoms. The van der Waals surface area contributed by atoms with Crippen molar-refractivity contribution in [3.63, 3.8) is 0 Å². The molecule has 3 aromatic carbocycles. The molecule has 0 aliphatic carbocycles. The van der Waals surface area contributed by atoms with Crippen molar-refractivity contribution < 1.29 is 18.6 Å². The van der Waals surface area contributed by atoms with Gasteiger partial charge in [-0.2, -0.15) is 0 Å². The van der Waals surface area contributed by atoms with Crippen LogP contribution in [0, 0.1) is 0 Å². The van der Waals surface area contributed by atoms with Crippen LogP contribution in [0.2, 0.25) is 0 Å². The Labute approximate surface area is 146 Å². The minimum absolute atomic E-state index is 0.00167. The highest BCUT2D eigenvalue weighted by Crippen LogP contribution is 2.28. The Balaban J connectivity index is 2.06. The van der Waals surface area contributed by atoms with E-state index in [1.807, 2.05) is 30.3 Å². The van der Waals surface area contributed by atoms with Crippen LogP contribution in [-0.2, 0) is 16.6 Å². The van der Waals surface area contributed by atoms with E-state index >= 15 is 0 Å². The molecule has 0 bridgehead atoms. The molecule has 0 atom stereocenters. The van der Waals surface area contributed by atoms with E-state index < -0.39 is 10.0 Å². The van der Waals surface area contributed by atoms with Crippen LogP contribution in [-0.4, -0.2) is 18.6 Å². The third-order valence-corrected chi connectivity index (χ3v) is 5.52. The number of nitrogens with zero attached hydrogens (tertiary/aromatic N) is 1. The maximum atomic E-state index is 13.1. The van der Waals surface area contributed by atoms with Crippen LogP contribution < -0.4 is 4.31 Å². The maximum Gasteiger partial charge on any atom is 0.264 e. The molecule has 2 N–H and O–H groups in total. The Kier molecular flexibility index (Phi) is 4.63. The lowest BCUT2D eigenvalue weighted by molar-refractivity contribution is 0.474. The van der Waals surface area contributed by atoms with Crippen LogP contribution in [0.4, 0.5) is 5.69 Å². The lowest BCUT2D eigenvalue weighted by Crippen LogP contribution is -2.30. The fourth-order valence-electron chi connectivity index (χ4n) is 2.43. The molecule has 6 heteroatoms. The summed E-state index contributed by atoms with van der Waals surface area (Å²) in [7, 11) is -3.84. The monoisotopic (exact) mass is 355 g/mol. The highest BCUT2D eigenvalue weighted by Gasteiger charge is 2.25. The molecule has 0 saturated carbocycles. The minimum Gasteiger partial charge on any atom is -0.508 e. The fourth-order valence-corrected chi connectivity index (χ4v) is 3.88. The number of hydrogen-bond acceptors (Lipinski definition) is 4. The molecule has 0 aliphatic rings. The standard InChI is InChI=1S/C19H17NO4S/c21-17-8-6-16(7-9-17)20(14-15-4-2-1-3-5-15)25(23,24)19-12-10-18(22)11-13-19/h1-13,21-22H,14H2. The van der Waals surface area contributed by atoms with E-state index in [-0.39, 0.29) is 22.9 Å². The van der Waals surface area contributed by atoms with Crippen LogP contribution >= 0.6 is 0 Å². The zero-order valence-electron chi connectivity index (χ0n) is 13.3. The lowest BCUT2D eigenvalue weighted by atomic mass is 10.2. The van der Waals surface area contributed by atoms with Crippen molar-refractivity contribution in [1.82, 2.24) is 0 Å². The first kappa shape index (κ1) is 16.9. The molecular weight excluding hydrogens is 338 g/mol. The second kappa shape index (κ2) is 6.86. The SMILES string of the molecule is O=S(=O)(c1ccc(O)cc1)N(Cc1ccccc1)c1ccc(O)cc1. The van der Waals surface area contributed by atoms with Crippen molar-refractivity contribution in [3.05, 3.63) is 84.4 Å². The quantitative estimate of drug-likeness (QED) is 0.734. The summed E-state index contributed by atoms with van der Waals surface area (Å²) in [6, 6.07) is 20.6. The van der Waals surface area contributed by atoms with Gasteiger partial charge in [-0.25, -0.2) is 8.42 Å². The number of aromatic hydroxyl groups is 2. The van der Waals surface area contributed by atoms with Crippen LogP contribution in [0.25, 0.3) is 0 Å². The molecule has 5 nitrogen and oxygen atoms in total. The van der Waals surface area contributed by atoms with Crippen molar-refractivity contribution in [2.75, 3.05) is 4.31 Å². The maximum absolute atomic E-state index is 13.1. The molecule has 0 amide bonds. The summed E-state index contributed by atoms with van der Waals surface area (Å²) in [4.78, 5) is 0.0781. The van der Waals surface area contributed by atoms with Crippen molar-refractivity contribution in [1.29, 1.82) is 0 Å². The molecule has 128 valence electrons. The largest absolute Gasteiger partial charge is 0.508 e. The highest BCUT2D eigenvalue weighted by molar-refractivity contribution is 7.92. The summed E-state index contributed by atoms with van der Waals surface area (Å²) in [5, 5.41) is 18.9. The molecule has 3 aromatic rings. The third-order valence-electron chi connectivity index (χ3n) is 3.73. The number of sulfonamides is 1. The van der Waals surface area contributed by atoms with Gasteiger partial charge in [0.25, 0.3) is 10.0 Å². The van der Waals surface area contributed by atoms with Gasteiger partial charge in [0.1, 0.15) is 11.5 Å². The van der Waals surface area contributed by atoms with E-state index in [2.05, 4.69) is 0 Å². The summed E-state index contributed by atoms with van der Waals surface area (Å²) >= 11 is 0. The number of phenols is 2. The number of hydrogen-bond donors (Lipinski definition) is 2. The van der Waals surface area contributed by atoms with E-state index in [9.17, 15) is 18.6 Å². The molecule has 0 spiro atoms. The summed E-state index contributed by atoms with van der Waals surface area (Å²) < 4.78 is 27.5. The average Bonchev–Trinajstić information content (AvgIpc) is 2.62. The van der Waals surface area contributed by atoms with Crippen molar-refractivity contribution in [3.8, 4) is 11.5 Å². The van der Waals surface area contributed by atoms with E-state index in [0.29, 0.717) is 5.69 Å². The first-order valence-electron chi connectivity index (χ1n) is 7.61. The Bertz CT molecular complexity index is 937. The van der Waals surface area contributed by atoms with Crippen LogP contribution in [0.15, 0.2) is 83.8 Å². The zero-order chi connectivity index (χ0) is 17.9. The first-order chi connectivity index (χ1) is 12.0. The van der Waals surface area contributed by atoms with Gasteiger partial charge in [-0.3, -0.25) is 4.31 Å². The normalized spacial score (nSPS) is 11.2. The van der Waals surface area contributed by atoms with Crippen molar-refractivity contribution in [2.24, 2.45) is 0 Å². The zero-order valence-corrected chi connectivity index (χ0v) is 14.1. The summed E-state index contributed by atoms with van der Waals surface area (Å²) in [5.41, 5.74) is 1.27. The molecule has 3 rings (SSSR count). The number of rotatable bonds is 5. The van der Waals surface area contributed by atoms with E-state index in [1.54, 1.807) is 12.1 Å². The predicted octanol–water partition coefficient (Wildman–Crippen LogP) is 3.49. The highest BCUT2D eigenvalue weighted by atomic mass is 32.2. The Hall–Kier alpha value is -2.99. The molecular formula is C19H17NO4S. The Morgan fingerprint density at radius 3 is 1.80 bits per heavy atom. The van der Waals surface area contributed by atoms with E-state index in [4.69, 9.17) is 0 Å². The molecule has 0 aromatic heterocycles. The van der Waals surface area contributed by atoms with Gasteiger partial charge in [0, 0.05) is 0 Å².